The standard InChI is InChI=1S/C23H27FN4O3S/c1-16(2)31-20-6-4-5-19(11-20)26-22-13-28(32(29,30)23-14-27(3)15-25-23)12-21(22)17-7-9-18(24)10-8-17/h4-11,14-16,21-22,26H,12-13H2,1-3H3. The van der Waals surface area contributed by atoms with Gasteiger partial charge in [-0.1, -0.05) is 18.2 Å². The molecule has 0 radical (unpaired) electrons. The van der Waals surface area contributed by atoms with Gasteiger partial charge >= 0.3 is 0 Å². The number of nitrogens with one attached hydrogen (secondary N) is 1. The second-order valence-corrected chi connectivity index (χ2v) is 10.2. The van der Waals surface area contributed by atoms with Gasteiger partial charge in [0.25, 0.3) is 10.0 Å². The number of ether oxygens (including phenoxy) is 1. The van der Waals surface area contributed by atoms with Crippen LogP contribution in [-0.4, -0.2) is 47.5 Å². The minimum absolute atomic E-state index is 0.0193. The number of benzene rings is 2. The summed E-state index contributed by atoms with van der Waals surface area (Å²) in [5.74, 6) is 0.246. The number of rotatable bonds is 7. The maximum absolute atomic E-state index is 13.5. The van der Waals surface area contributed by atoms with E-state index < -0.39 is 10.0 Å². The lowest BCUT2D eigenvalue weighted by Crippen LogP contribution is -2.32. The summed E-state index contributed by atoms with van der Waals surface area (Å²) in [7, 11) is -2.02. The van der Waals surface area contributed by atoms with E-state index in [2.05, 4.69) is 10.3 Å². The minimum atomic E-state index is -3.75. The summed E-state index contributed by atoms with van der Waals surface area (Å²) in [4.78, 5) is 4.04. The summed E-state index contributed by atoms with van der Waals surface area (Å²) >= 11 is 0. The maximum atomic E-state index is 13.5. The van der Waals surface area contributed by atoms with Crippen LogP contribution in [0.3, 0.4) is 0 Å². The van der Waals surface area contributed by atoms with E-state index in [1.807, 2.05) is 38.1 Å². The van der Waals surface area contributed by atoms with Gasteiger partial charge in [-0.15, -0.1) is 0 Å². The molecule has 7 nitrogen and oxygen atoms in total. The van der Waals surface area contributed by atoms with Gasteiger partial charge in [0, 0.05) is 50.0 Å². The summed E-state index contributed by atoms with van der Waals surface area (Å²) in [5.41, 5.74) is 1.70. The van der Waals surface area contributed by atoms with Crippen LogP contribution in [0.2, 0.25) is 0 Å². The molecule has 0 amide bonds. The van der Waals surface area contributed by atoms with Gasteiger partial charge in [0.15, 0.2) is 5.03 Å². The highest BCUT2D eigenvalue weighted by Crippen LogP contribution is 2.34. The Labute approximate surface area is 187 Å². The molecule has 4 rings (SSSR count). The first-order valence-electron chi connectivity index (χ1n) is 10.5. The summed E-state index contributed by atoms with van der Waals surface area (Å²) in [5, 5.41) is 3.49. The van der Waals surface area contributed by atoms with E-state index >= 15 is 0 Å². The van der Waals surface area contributed by atoms with E-state index in [1.54, 1.807) is 23.7 Å². The largest absolute Gasteiger partial charge is 0.491 e. The highest BCUT2D eigenvalue weighted by atomic mass is 32.2. The molecule has 1 saturated heterocycles. The fraction of sp³-hybridized carbons (Fsp3) is 0.348. The molecular weight excluding hydrogens is 431 g/mol. The van der Waals surface area contributed by atoms with Crippen LogP contribution < -0.4 is 10.1 Å². The molecular formula is C23H27FN4O3S. The lowest BCUT2D eigenvalue weighted by molar-refractivity contribution is 0.242. The molecule has 1 N–H and O–H groups in total. The van der Waals surface area contributed by atoms with Crippen LogP contribution in [0.25, 0.3) is 0 Å². The number of imidazole rings is 1. The predicted molar refractivity (Wildman–Crippen MR) is 121 cm³/mol. The third-order valence-electron chi connectivity index (χ3n) is 5.43. The van der Waals surface area contributed by atoms with Gasteiger partial charge in [0.2, 0.25) is 0 Å². The van der Waals surface area contributed by atoms with E-state index in [9.17, 15) is 12.8 Å². The first kappa shape index (κ1) is 22.3. The van der Waals surface area contributed by atoms with Crippen molar-refractivity contribution in [2.24, 2.45) is 7.05 Å². The molecule has 32 heavy (non-hydrogen) atoms. The fourth-order valence-corrected chi connectivity index (χ4v) is 5.42. The maximum Gasteiger partial charge on any atom is 0.262 e. The molecule has 0 bridgehead atoms. The molecule has 0 saturated carbocycles. The monoisotopic (exact) mass is 458 g/mol. The topological polar surface area (TPSA) is 76.5 Å². The van der Waals surface area contributed by atoms with Crippen molar-refractivity contribution in [3.8, 4) is 5.75 Å². The molecule has 0 aliphatic carbocycles. The lowest BCUT2D eigenvalue weighted by Gasteiger charge is -2.22. The van der Waals surface area contributed by atoms with Crippen molar-refractivity contribution in [2.45, 2.75) is 36.9 Å². The normalized spacial score (nSPS) is 19.4. The average Bonchev–Trinajstić information content (AvgIpc) is 3.36. The van der Waals surface area contributed by atoms with Gasteiger partial charge in [-0.25, -0.2) is 17.8 Å². The minimum Gasteiger partial charge on any atom is -0.491 e. The van der Waals surface area contributed by atoms with Gasteiger partial charge < -0.3 is 14.6 Å². The Bertz CT molecular complexity index is 1180. The van der Waals surface area contributed by atoms with E-state index in [0.29, 0.717) is 0 Å². The van der Waals surface area contributed by atoms with Gasteiger partial charge in [-0.2, -0.15) is 4.31 Å². The van der Waals surface area contributed by atoms with Crippen molar-refractivity contribution < 1.29 is 17.5 Å². The van der Waals surface area contributed by atoms with Gasteiger partial charge in [-0.05, 0) is 43.7 Å². The molecule has 2 heterocycles. The van der Waals surface area contributed by atoms with Crippen LogP contribution in [0.15, 0.2) is 66.1 Å². The number of hydrogen-bond donors (Lipinski definition) is 1. The smallest absolute Gasteiger partial charge is 0.262 e. The van der Waals surface area contributed by atoms with Crippen molar-refractivity contribution in [1.29, 1.82) is 0 Å². The molecule has 1 aliphatic rings. The van der Waals surface area contributed by atoms with Crippen molar-refractivity contribution in [1.82, 2.24) is 13.9 Å². The molecule has 2 atom stereocenters. The summed E-state index contributed by atoms with van der Waals surface area (Å²) < 4.78 is 48.7. The third kappa shape index (κ3) is 4.78. The molecule has 2 aromatic carbocycles. The van der Waals surface area contributed by atoms with Crippen LogP contribution in [0.4, 0.5) is 10.1 Å². The quantitative estimate of drug-likeness (QED) is 0.585. The zero-order valence-corrected chi connectivity index (χ0v) is 19.1. The highest BCUT2D eigenvalue weighted by molar-refractivity contribution is 7.89. The molecule has 1 fully saturated rings. The van der Waals surface area contributed by atoms with Crippen LogP contribution in [-0.2, 0) is 17.1 Å². The fourth-order valence-electron chi connectivity index (χ4n) is 3.96. The Morgan fingerprint density at radius 3 is 2.56 bits per heavy atom. The van der Waals surface area contributed by atoms with E-state index in [0.717, 1.165) is 17.0 Å². The zero-order valence-electron chi connectivity index (χ0n) is 18.3. The Morgan fingerprint density at radius 2 is 1.91 bits per heavy atom. The molecule has 0 spiro atoms. The molecule has 170 valence electrons. The van der Waals surface area contributed by atoms with Crippen LogP contribution in [0.5, 0.6) is 5.75 Å². The van der Waals surface area contributed by atoms with Crippen molar-refractivity contribution in [3.63, 3.8) is 0 Å². The average molecular weight is 459 g/mol. The van der Waals surface area contributed by atoms with Gasteiger partial charge in [0.1, 0.15) is 11.6 Å². The van der Waals surface area contributed by atoms with E-state index in [-0.39, 0.29) is 42.0 Å². The number of sulfonamides is 1. The second-order valence-electron chi connectivity index (χ2n) is 8.30. The van der Waals surface area contributed by atoms with E-state index in [1.165, 1.54) is 29.0 Å². The Hall–Kier alpha value is -2.91. The second kappa shape index (κ2) is 8.91. The molecule has 9 heteroatoms. The van der Waals surface area contributed by atoms with Crippen LogP contribution in [0.1, 0.15) is 25.3 Å². The SMILES string of the molecule is CC(C)Oc1cccc(NC2CN(S(=O)(=O)c3cn(C)cn3)CC2c2ccc(F)cc2)c1. The number of anilines is 1. The van der Waals surface area contributed by atoms with Gasteiger partial charge in [-0.3, -0.25) is 0 Å². The number of nitrogens with zero attached hydrogens (tertiary/aromatic N) is 3. The van der Waals surface area contributed by atoms with Crippen molar-refractivity contribution in [3.05, 3.63) is 72.4 Å². The van der Waals surface area contributed by atoms with Crippen molar-refractivity contribution in [2.75, 3.05) is 18.4 Å². The van der Waals surface area contributed by atoms with Crippen LogP contribution >= 0.6 is 0 Å². The molecule has 3 aromatic rings. The number of halogens is 1. The van der Waals surface area contributed by atoms with Crippen LogP contribution in [0, 0.1) is 5.82 Å². The van der Waals surface area contributed by atoms with Gasteiger partial charge in [0.05, 0.1) is 12.4 Å². The summed E-state index contributed by atoms with van der Waals surface area (Å²) in [6, 6.07) is 13.6. The Balaban J connectivity index is 1.63. The zero-order chi connectivity index (χ0) is 22.9. The number of hydrogen-bond acceptors (Lipinski definition) is 5. The Kier molecular flexibility index (Phi) is 6.21. The third-order valence-corrected chi connectivity index (χ3v) is 7.15. The first-order chi connectivity index (χ1) is 15.2. The number of aromatic nitrogens is 2. The van der Waals surface area contributed by atoms with Crippen molar-refractivity contribution >= 4 is 15.7 Å². The van der Waals surface area contributed by atoms with E-state index in [4.69, 9.17) is 4.74 Å². The predicted octanol–water partition coefficient (Wildman–Crippen LogP) is 3.62. The number of aryl methyl sites for hydroxylation is 1. The highest BCUT2D eigenvalue weighted by Gasteiger charge is 2.41. The summed E-state index contributed by atoms with van der Waals surface area (Å²) in [6.07, 6.45) is 3.01. The lowest BCUT2D eigenvalue weighted by atomic mass is 9.94. The summed E-state index contributed by atoms with van der Waals surface area (Å²) in [6.45, 7) is 4.45. The Morgan fingerprint density at radius 1 is 1.16 bits per heavy atom. The molecule has 1 aromatic heterocycles. The molecule has 2 unspecified atom stereocenters. The first-order valence-corrected chi connectivity index (χ1v) is 11.9. The molecule has 1 aliphatic heterocycles.